The van der Waals surface area contributed by atoms with Gasteiger partial charge in [-0.25, -0.2) is 0 Å². The fraction of sp³-hybridized carbons (Fsp3) is 0.0526. The first kappa shape index (κ1) is 13.0. The highest BCUT2D eigenvalue weighted by atomic mass is 79.9. The summed E-state index contributed by atoms with van der Waals surface area (Å²) in [6, 6.07) is 20.8. The van der Waals surface area contributed by atoms with Crippen molar-refractivity contribution in [1.29, 1.82) is 0 Å². The first-order valence-electron chi connectivity index (χ1n) is 6.49. The summed E-state index contributed by atoms with van der Waals surface area (Å²) in [6.07, 6.45) is 0. The molecule has 0 bridgehead atoms. The molecule has 0 unspecified atom stereocenters. The van der Waals surface area contributed by atoms with Gasteiger partial charge in [0.2, 0.25) is 0 Å². The molecular weight excluding hydrogens is 308 g/mol. The molecule has 0 aliphatic rings. The molecule has 0 N–H and O–H groups in total. The van der Waals surface area contributed by atoms with E-state index in [-0.39, 0.29) is 0 Å². The van der Waals surface area contributed by atoms with Gasteiger partial charge in [0.25, 0.3) is 0 Å². The average molecular weight is 321 g/mol. The highest BCUT2D eigenvalue weighted by Crippen LogP contribution is 2.19. The lowest BCUT2D eigenvalue weighted by molar-refractivity contribution is 1.52. The highest BCUT2D eigenvalue weighted by molar-refractivity contribution is 9.10. The molecule has 0 saturated carbocycles. The molecule has 3 aromatic carbocycles. The van der Waals surface area contributed by atoms with Gasteiger partial charge in [-0.05, 0) is 53.6 Å². The van der Waals surface area contributed by atoms with Crippen molar-refractivity contribution in [3.63, 3.8) is 0 Å². The smallest absolute Gasteiger partial charge is 0.0260 e. The maximum Gasteiger partial charge on any atom is 0.0260 e. The van der Waals surface area contributed by atoms with E-state index < -0.39 is 0 Å². The molecule has 1 heteroatoms. The van der Waals surface area contributed by atoms with Gasteiger partial charge in [0.05, 0.1) is 0 Å². The van der Waals surface area contributed by atoms with E-state index in [1.54, 1.807) is 0 Å². The lowest BCUT2D eigenvalue weighted by Gasteiger charge is -2.02. The van der Waals surface area contributed by atoms with Crippen molar-refractivity contribution in [3.8, 4) is 11.8 Å². The van der Waals surface area contributed by atoms with Gasteiger partial charge in [0.15, 0.2) is 0 Å². The number of halogens is 1. The molecule has 0 aromatic heterocycles. The summed E-state index contributed by atoms with van der Waals surface area (Å²) in [5.41, 5.74) is 3.35. The van der Waals surface area contributed by atoms with Crippen molar-refractivity contribution in [2.75, 3.05) is 0 Å². The van der Waals surface area contributed by atoms with Gasteiger partial charge >= 0.3 is 0 Å². The molecule has 3 rings (SSSR count). The lowest BCUT2D eigenvalue weighted by Crippen LogP contribution is -1.81. The van der Waals surface area contributed by atoms with Crippen LogP contribution in [0.4, 0.5) is 0 Å². The summed E-state index contributed by atoms with van der Waals surface area (Å²) >= 11 is 3.46. The summed E-state index contributed by atoms with van der Waals surface area (Å²) in [7, 11) is 0. The van der Waals surface area contributed by atoms with E-state index in [2.05, 4.69) is 71.1 Å². The van der Waals surface area contributed by atoms with Crippen LogP contribution in [0.25, 0.3) is 10.8 Å². The number of hydrogen-bond donors (Lipinski definition) is 0. The number of benzene rings is 3. The Bertz CT molecular complexity index is 835. The SMILES string of the molecule is Cc1cccc2ccc(C#Cc3cccc(Br)c3)cc12. The van der Waals surface area contributed by atoms with Gasteiger partial charge < -0.3 is 0 Å². The molecule has 0 radical (unpaired) electrons. The number of hydrogen-bond acceptors (Lipinski definition) is 0. The van der Waals surface area contributed by atoms with Crippen LogP contribution in [-0.4, -0.2) is 0 Å². The Morgan fingerprint density at radius 3 is 2.35 bits per heavy atom. The van der Waals surface area contributed by atoms with Gasteiger partial charge in [-0.15, -0.1) is 0 Å². The summed E-state index contributed by atoms with van der Waals surface area (Å²) in [5.74, 6) is 6.44. The quantitative estimate of drug-likeness (QED) is 0.492. The molecule has 0 fully saturated rings. The van der Waals surface area contributed by atoms with Gasteiger partial charge in [-0.2, -0.15) is 0 Å². The molecule has 0 amide bonds. The Balaban J connectivity index is 2.02. The van der Waals surface area contributed by atoms with E-state index in [0.29, 0.717) is 0 Å². The Labute approximate surface area is 127 Å². The van der Waals surface area contributed by atoms with Crippen LogP contribution < -0.4 is 0 Å². The summed E-state index contributed by atoms with van der Waals surface area (Å²) in [4.78, 5) is 0. The predicted octanol–water partition coefficient (Wildman–Crippen LogP) is 5.31. The minimum Gasteiger partial charge on any atom is -0.0616 e. The maximum absolute atomic E-state index is 3.46. The van der Waals surface area contributed by atoms with Crippen LogP contribution in [0.1, 0.15) is 16.7 Å². The third-order valence-electron chi connectivity index (χ3n) is 3.28. The highest BCUT2D eigenvalue weighted by Gasteiger charge is 1.97. The van der Waals surface area contributed by atoms with Crippen molar-refractivity contribution >= 4 is 26.7 Å². The zero-order valence-corrected chi connectivity index (χ0v) is 12.7. The zero-order valence-electron chi connectivity index (χ0n) is 11.2. The molecule has 0 aliphatic carbocycles. The minimum atomic E-state index is 1.02. The van der Waals surface area contributed by atoms with Gasteiger partial charge in [0, 0.05) is 15.6 Å². The van der Waals surface area contributed by atoms with E-state index in [0.717, 1.165) is 15.6 Å². The minimum absolute atomic E-state index is 1.02. The summed E-state index contributed by atoms with van der Waals surface area (Å²) in [5, 5.41) is 2.53. The first-order valence-corrected chi connectivity index (χ1v) is 7.29. The second kappa shape index (κ2) is 5.53. The van der Waals surface area contributed by atoms with E-state index in [1.807, 2.05) is 24.3 Å². The standard InChI is InChI=1S/C19H13Br/c1-14-4-2-6-17-11-10-16(13-19(14)17)9-8-15-5-3-7-18(20)12-15/h2-7,10-13H,1H3. The van der Waals surface area contributed by atoms with Gasteiger partial charge in [-0.3, -0.25) is 0 Å². The van der Waals surface area contributed by atoms with Crippen molar-refractivity contribution in [1.82, 2.24) is 0 Å². The fourth-order valence-corrected chi connectivity index (χ4v) is 2.62. The number of rotatable bonds is 0. The average Bonchev–Trinajstić information content (AvgIpc) is 2.46. The van der Waals surface area contributed by atoms with Crippen LogP contribution in [0.5, 0.6) is 0 Å². The molecule has 0 atom stereocenters. The molecular formula is C19H13Br. The van der Waals surface area contributed by atoms with Crippen molar-refractivity contribution in [2.45, 2.75) is 6.92 Å². The normalized spacial score (nSPS) is 10.1. The Kier molecular flexibility index (Phi) is 3.58. The van der Waals surface area contributed by atoms with Gasteiger partial charge in [-0.1, -0.05) is 58.1 Å². The van der Waals surface area contributed by atoms with Crippen LogP contribution in [-0.2, 0) is 0 Å². The van der Waals surface area contributed by atoms with Crippen LogP contribution in [0, 0.1) is 18.8 Å². The first-order chi connectivity index (χ1) is 9.72. The summed E-state index contributed by atoms with van der Waals surface area (Å²) < 4.78 is 1.05. The molecule has 0 nitrogen and oxygen atoms in total. The van der Waals surface area contributed by atoms with Crippen molar-refractivity contribution < 1.29 is 0 Å². The number of fused-ring (bicyclic) bond motifs is 1. The van der Waals surface area contributed by atoms with Crippen LogP contribution in [0.3, 0.4) is 0 Å². The van der Waals surface area contributed by atoms with Crippen LogP contribution in [0.15, 0.2) is 65.1 Å². The molecule has 3 aromatic rings. The maximum atomic E-state index is 3.46. The second-order valence-corrected chi connectivity index (χ2v) is 5.69. The zero-order chi connectivity index (χ0) is 13.9. The Morgan fingerprint density at radius 1 is 0.800 bits per heavy atom. The Hall–Kier alpha value is -2.04. The van der Waals surface area contributed by atoms with Crippen LogP contribution >= 0.6 is 15.9 Å². The van der Waals surface area contributed by atoms with Crippen molar-refractivity contribution in [2.24, 2.45) is 0 Å². The monoisotopic (exact) mass is 320 g/mol. The van der Waals surface area contributed by atoms with Gasteiger partial charge in [0.1, 0.15) is 0 Å². The second-order valence-electron chi connectivity index (χ2n) is 4.77. The van der Waals surface area contributed by atoms with E-state index in [9.17, 15) is 0 Å². The lowest BCUT2D eigenvalue weighted by atomic mass is 10.0. The molecule has 0 spiro atoms. The fourth-order valence-electron chi connectivity index (χ4n) is 2.22. The largest absolute Gasteiger partial charge is 0.0616 e. The third-order valence-corrected chi connectivity index (χ3v) is 3.77. The molecule has 96 valence electrons. The van der Waals surface area contributed by atoms with Crippen molar-refractivity contribution in [3.05, 3.63) is 81.8 Å². The molecule has 0 aliphatic heterocycles. The number of aryl methyl sites for hydroxylation is 1. The Morgan fingerprint density at radius 2 is 1.55 bits per heavy atom. The molecule has 0 saturated heterocycles. The molecule has 20 heavy (non-hydrogen) atoms. The topological polar surface area (TPSA) is 0 Å². The van der Waals surface area contributed by atoms with E-state index in [4.69, 9.17) is 0 Å². The third kappa shape index (κ3) is 2.76. The molecule has 0 heterocycles. The predicted molar refractivity (Wildman–Crippen MR) is 88.8 cm³/mol. The van der Waals surface area contributed by atoms with E-state index >= 15 is 0 Å². The van der Waals surface area contributed by atoms with E-state index in [1.165, 1.54) is 16.3 Å². The van der Waals surface area contributed by atoms with Crippen LogP contribution in [0.2, 0.25) is 0 Å². The summed E-state index contributed by atoms with van der Waals surface area (Å²) in [6.45, 7) is 2.13.